The number of nitrogens with one attached hydrogen (secondary N) is 3. The molecule has 2 aliphatic rings. The van der Waals surface area contributed by atoms with Gasteiger partial charge in [0, 0.05) is 49.3 Å². The number of halogens is 1. The number of aryl methyl sites for hydroxylation is 1. The molecule has 1 amide bonds. The maximum atomic E-state index is 12.6. The fourth-order valence-electron chi connectivity index (χ4n) is 3.44. The van der Waals surface area contributed by atoms with Gasteiger partial charge in [0.05, 0.1) is 13.2 Å². The van der Waals surface area contributed by atoms with Crippen molar-refractivity contribution in [2.45, 2.75) is 38.8 Å². The van der Waals surface area contributed by atoms with Crippen LogP contribution in [0.5, 0.6) is 5.75 Å². The first-order valence-corrected chi connectivity index (χ1v) is 9.14. The molecule has 3 heterocycles. The van der Waals surface area contributed by atoms with Crippen LogP contribution in [0.3, 0.4) is 0 Å². The molecule has 0 radical (unpaired) electrons. The fourth-order valence-corrected chi connectivity index (χ4v) is 3.44. The van der Waals surface area contributed by atoms with Crippen molar-refractivity contribution in [2.75, 3.05) is 25.1 Å². The van der Waals surface area contributed by atoms with Crippen LogP contribution in [0.4, 0.5) is 5.69 Å². The van der Waals surface area contributed by atoms with Crippen LogP contribution in [0.1, 0.15) is 40.2 Å². The highest BCUT2D eigenvalue weighted by Gasteiger charge is 2.22. The van der Waals surface area contributed by atoms with E-state index in [1.807, 2.05) is 25.1 Å². The first-order chi connectivity index (χ1) is 12.7. The average molecular weight is 393 g/mol. The van der Waals surface area contributed by atoms with E-state index in [0.29, 0.717) is 12.2 Å². The molecule has 1 fully saturated rings. The van der Waals surface area contributed by atoms with Crippen LogP contribution >= 0.6 is 12.4 Å². The highest BCUT2D eigenvalue weighted by molar-refractivity contribution is 6.04. The van der Waals surface area contributed by atoms with E-state index in [4.69, 9.17) is 9.47 Å². The molecular weight excluding hydrogens is 368 g/mol. The first-order valence-electron chi connectivity index (χ1n) is 9.14. The number of rotatable bonds is 4. The van der Waals surface area contributed by atoms with Crippen LogP contribution in [0.25, 0.3) is 0 Å². The Balaban J connectivity index is 0.00000210. The third-order valence-corrected chi connectivity index (χ3v) is 4.92. The van der Waals surface area contributed by atoms with Crippen molar-refractivity contribution >= 4 is 24.0 Å². The van der Waals surface area contributed by atoms with Gasteiger partial charge in [-0.05, 0) is 30.7 Å². The minimum atomic E-state index is -0.191. The Kier molecular flexibility index (Phi) is 6.36. The number of hydrogen-bond donors (Lipinski definition) is 3. The van der Waals surface area contributed by atoms with Gasteiger partial charge in [-0.2, -0.15) is 5.10 Å². The van der Waals surface area contributed by atoms with Gasteiger partial charge in [-0.1, -0.05) is 0 Å². The Morgan fingerprint density at radius 3 is 2.93 bits per heavy atom. The Hall–Kier alpha value is -2.09. The molecule has 0 bridgehead atoms. The second-order valence-electron chi connectivity index (χ2n) is 6.82. The first kappa shape index (κ1) is 19.7. The summed E-state index contributed by atoms with van der Waals surface area (Å²) in [5, 5.41) is 13.4. The number of aromatic nitrogens is 2. The van der Waals surface area contributed by atoms with E-state index >= 15 is 0 Å². The van der Waals surface area contributed by atoms with E-state index in [9.17, 15) is 4.79 Å². The SMILES string of the molecule is Cc1cc(NC(=O)c2n[nH]c3c2CNCC3)ccc1OC1CCOCC1.Cl. The molecule has 0 aliphatic carbocycles. The highest BCUT2D eigenvalue weighted by Crippen LogP contribution is 2.26. The van der Waals surface area contributed by atoms with Crippen LogP contribution in [0.15, 0.2) is 18.2 Å². The highest BCUT2D eigenvalue weighted by atomic mass is 35.5. The number of aromatic amines is 1. The summed E-state index contributed by atoms with van der Waals surface area (Å²) in [4.78, 5) is 12.6. The molecule has 0 unspecified atom stereocenters. The number of hydrogen-bond acceptors (Lipinski definition) is 5. The van der Waals surface area contributed by atoms with Crippen LogP contribution in [0.2, 0.25) is 0 Å². The Morgan fingerprint density at radius 1 is 1.33 bits per heavy atom. The van der Waals surface area contributed by atoms with E-state index in [0.717, 1.165) is 67.3 Å². The summed E-state index contributed by atoms with van der Waals surface area (Å²) in [5.41, 5.74) is 4.22. The number of ether oxygens (including phenoxy) is 2. The molecule has 146 valence electrons. The zero-order valence-electron chi connectivity index (χ0n) is 15.3. The zero-order valence-corrected chi connectivity index (χ0v) is 16.2. The lowest BCUT2D eigenvalue weighted by Gasteiger charge is -2.24. The number of anilines is 1. The molecule has 4 rings (SSSR count). The number of benzene rings is 1. The van der Waals surface area contributed by atoms with Gasteiger partial charge >= 0.3 is 0 Å². The van der Waals surface area contributed by atoms with Crippen LogP contribution in [-0.2, 0) is 17.7 Å². The van der Waals surface area contributed by atoms with E-state index in [1.54, 1.807) is 0 Å². The van der Waals surface area contributed by atoms with Crippen molar-refractivity contribution < 1.29 is 14.3 Å². The van der Waals surface area contributed by atoms with Crippen molar-refractivity contribution in [3.63, 3.8) is 0 Å². The molecule has 1 aromatic carbocycles. The predicted molar refractivity (Wildman–Crippen MR) is 105 cm³/mol. The molecule has 0 saturated carbocycles. The smallest absolute Gasteiger partial charge is 0.276 e. The topological polar surface area (TPSA) is 88.3 Å². The van der Waals surface area contributed by atoms with E-state index in [-0.39, 0.29) is 24.4 Å². The van der Waals surface area contributed by atoms with Gasteiger partial charge in [0.25, 0.3) is 5.91 Å². The minimum Gasteiger partial charge on any atom is -0.490 e. The molecule has 7 nitrogen and oxygen atoms in total. The molecule has 3 N–H and O–H groups in total. The Bertz CT molecular complexity index is 802. The predicted octanol–water partition coefficient (Wildman–Crippen LogP) is 2.60. The molecule has 1 saturated heterocycles. The molecule has 27 heavy (non-hydrogen) atoms. The number of carbonyl (C=O) groups is 1. The third kappa shape index (κ3) is 4.43. The van der Waals surface area contributed by atoms with Crippen molar-refractivity contribution in [1.29, 1.82) is 0 Å². The normalized spacial score (nSPS) is 16.9. The van der Waals surface area contributed by atoms with Crippen LogP contribution in [0, 0.1) is 6.92 Å². The number of amides is 1. The molecule has 2 aromatic rings. The molecule has 0 atom stereocenters. The monoisotopic (exact) mass is 392 g/mol. The quantitative estimate of drug-likeness (QED) is 0.744. The number of nitrogens with zero attached hydrogens (tertiary/aromatic N) is 1. The zero-order chi connectivity index (χ0) is 17.9. The molecular formula is C19H25ClN4O3. The minimum absolute atomic E-state index is 0. The van der Waals surface area contributed by atoms with Crippen molar-refractivity contribution in [1.82, 2.24) is 15.5 Å². The Labute approximate surface area is 164 Å². The van der Waals surface area contributed by atoms with Crippen molar-refractivity contribution in [2.24, 2.45) is 0 Å². The number of H-pyrrole nitrogens is 1. The maximum Gasteiger partial charge on any atom is 0.276 e. The van der Waals surface area contributed by atoms with Gasteiger partial charge in [0.2, 0.25) is 0 Å². The lowest BCUT2D eigenvalue weighted by atomic mass is 10.1. The summed E-state index contributed by atoms with van der Waals surface area (Å²) in [5.74, 6) is 0.667. The summed E-state index contributed by atoms with van der Waals surface area (Å²) in [6, 6.07) is 5.73. The van der Waals surface area contributed by atoms with Gasteiger partial charge < -0.3 is 20.1 Å². The van der Waals surface area contributed by atoms with Gasteiger partial charge in [-0.15, -0.1) is 12.4 Å². The summed E-state index contributed by atoms with van der Waals surface area (Å²) in [6.07, 6.45) is 2.89. The molecule has 1 aromatic heterocycles. The van der Waals surface area contributed by atoms with Gasteiger partial charge in [0.15, 0.2) is 5.69 Å². The summed E-state index contributed by atoms with van der Waals surface area (Å²) in [7, 11) is 0. The van der Waals surface area contributed by atoms with Gasteiger partial charge in [0.1, 0.15) is 11.9 Å². The maximum absolute atomic E-state index is 12.6. The van der Waals surface area contributed by atoms with Crippen molar-refractivity contribution in [3.05, 3.63) is 40.7 Å². The average Bonchev–Trinajstić information content (AvgIpc) is 3.09. The standard InChI is InChI=1S/C19H24N4O3.ClH/c1-12-10-13(2-3-17(12)26-14-5-8-25-9-6-14)21-19(24)18-15-11-20-7-4-16(15)22-23-18;/h2-3,10,14,20H,4-9,11H2,1H3,(H,21,24)(H,22,23);1H. The lowest BCUT2D eigenvalue weighted by Crippen LogP contribution is -2.26. The second-order valence-corrected chi connectivity index (χ2v) is 6.82. The van der Waals surface area contributed by atoms with Crippen LogP contribution < -0.4 is 15.4 Å². The summed E-state index contributed by atoms with van der Waals surface area (Å²) >= 11 is 0. The largest absolute Gasteiger partial charge is 0.490 e. The molecule has 8 heteroatoms. The van der Waals surface area contributed by atoms with E-state index in [1.165, 1.54) is 0 Å². The summed E-state index contributed by atoms with van der Waals surface area (Å²) in [6.45, 7) is 5.07. The third-order valence-electron chi connectivity index (χ3n) is 4.92. The van der Waals surface area contributed by atoms with E-state index < -0.39 is 0 Å². The number of fused-ring (bicyclic) bond motifs is 1. The lowest BCUT2D eigenvalue weighted by molar-refractivity contribution is 0.0253. The molecule has 0 spiro atoms. The van der Waals surface area contributed by atoms with Gasteiger partial charge in [-0.3, -0.25) is 9.89 Å². The second kappa shape index (κ2) is 8.73. The van der Waals surface area contributed by atoms with Crippen LogP contribution in [-0.4, -0.2) is 42.0 Å². The summed E-state index contributed by atoms with van der Waals surface area (Å²) < 4.78 is 11.4. The van der Waals surface area contributed by atoms with Gasteiger partial charge in [-0.25, -0.2) is 0 Å². The van der Waals surface area contributed by atoms with E-state index in [2.05, 4.69) is 20.8 Å². The number of carbonyl (C=O) groups excluding carboxylic acids is 1. The molecule has 2 aliphatic heterocycles. The fraction of sp³-hybridized carbons (Fsp3) is 0.474. The van der Waals surface area contributed by atoms with Crippen molar-refractivity contribution in [3.8, 4) is 5.75 Å². The Morgan fingerprint density at radius 2 is 2.15 bits per heavy atom.